The number of ether oxygens (including phenoxy) is 1. The first-order valence-electron chi connectivity index (χ1n) is 8.03. The number of aryl methyl sites for hydroxylation is 1. The summed E-state index contributed by atoms with van der Waals surface area (Å²) in [5.41, 5.74) is 2.82. The SMILES string of the molecule is Cc1ccccc1S(=O)(=O)NCc1ccc(N2CCOCC2)cc1. The van der Waals surface area contributed by atoms with Crippen LogP contribution in [-0.2, 0) is 21.3 Å². The Labute approximate surface area is 143 Å². The van der Waals surface area contributed by atoms with E-state index >= 15 is 0 Å². The van der Waals surface area contributed by atoms with Crippen molar-refractivity contribution in [2.75, 3.05) is 31.2 Å². The van der Waals surface area contributed by atoms with Gasteiger partial charge >= 0.3 is 0 Å². The molecule has 6 heteroatoms. The van der Waals surface area contributed by atoms with Crippen molar-refractivity contribution >= 4 is 15.7 Å². The first-order chi connectivity index (χ1) is 11.6. The van der Waals surface area contributed by atoms with Gasteiger partial charge in [-0.3, -0.25) is 0 Å². The van der Waals surface area contributed by atoms with Crippen LogP contribution in [0, 0.1) is 6.92 Å². The molecular formula is C18H22N2O3S. The van der Waals surface area contributed by atoms with Crippen molar-refractivity contribution in [1.29, 1.82) is 0 Å². The van der Waals surface area contributed by atoms with Crippen LogP contribution in [0.3, 0.4) is 0 Å². The molecule has 0 atom stereocenters. The van der Waals surface area contributed by atoms with E-state index in [2.05, 4.69) is 9.62 Å². The van der Waals surface area contributed by atoms with Crippen molar-refractivity contribution in [3.8, 4) is 0 Å². The highest BCUT2D eigenvalue weighted by Crippen LogP contribution is 2.18. The first kappa shape index (κ1) is 17.0. The lowest BCUT2D eigenvalue weighted by Crippen LogP contribution is -2.36. The topological polar surface area (TPSA) is 58.6 Å². The van der Waals surface area contributed by atoms with Crippen molar-refractivity contribution in [3.63, 3.8) is 0 Å². The molecule has 0 unspecified atom stereocenters. The van der Waals surface area contributed by atoms with Gasteiger partial charge in [0.1, 0.15) is 0 Å². The molecule has 3 rings (SSSR count). The quantitative estimate of drug-likeness (QED) is 0.903. The van der Waals surface area contributed by atoms with E-state index in [0.29, 0.717) is 4.90 Å². The number of hydrogen-bond donors (Lipinski definition) is 1. The third kappa shape index (κ3) is 3.95. The smallest absolute Gasteiger partial charge is 0.241 e. The molecule has 1 heterocycles. The van der Waals surface area contributed by atoms with Gasteiger partial charge in [0.25, 0.3) is 0 Å². The van der Waals surface area contributed by atoms with E-state index in [1.54, 1.807) is 25.1 Å². The highest BCUT2D eigenvalue weighted by Gasteiger charge is 2.16. The van der Waals surface area contributed by atoms with Gasteiger partial charge in [-0.15, -0.1) is 0 Å². The zero-order valence-corrected chi connectivity index (χ0v) is 14.6. The average molecular weight is 346 g/mol. The van der Waals surface area contributed by atoms with Crippen LogP contribution < -0.4 is 9.62 Å². The van der Waals surface area contributed by atoms with E-state index < -0.39 is 10.0 Å². The molecular weight excluding hydrogens is 324 g/mol. The summed E-state index contributed by atoms with van der Waals surface area (Å²) >= 11 is 0. The lowest BCUT2D eigenvalue weighted by Gasteiger charge is -2.28. The van der Waals surface area contributed by atoms with E-state index in [0.717, 1.165) is 43.1 Å². The number of nitrogens with zero attached hydrogens (tertiary/aromatic N) is 1. The van der Waals surface area contributed by atoms with Gasteiger partial charge in [-0.1, -0.05) is 30.3 Å². The van der Waals surface area contributed by atoms with Crippen LogP contribution >= 0.6 is 0 Å². The fraction of sp³-hybridized carbons (Fsp3) is 0.333. The Balaban J connectivity index is 1.65. The lowest BCUT2D eigenvalue weighted by molar-refractivity contribution is 0.122. The second kappa shape index (κ2) is 7.34. The van der Waals surface area contributed by atoms with E-state index in [4.69, 9.17) is 4.74 Å². The van der Waals surface area contributed by atoms with Gasteiger partial charge in [-0.25, -0.2) is 13.1 Å². The fourth-order valence-corrected chi connectivity index (χ4v) is 4.02. The Bertz CT molecular complexity index is 782. The third-order valence-corrected chi connectivity index (χ3v) is 5.72. The molecule has 0 saturated carbocycles. The molecule has 1 aliphatic rings. The molecule has 2 aromatic rings. The fourth-order valence-electron chi connectivity index (χ4n) is 2.76. The lowest BCUT2D eigenvalue weighted by atomic mass is 10.2. The van der Waals surface area contributed by atoms with Gasteiger partial charge in [-0.05, 0) is 36.2 Å². The molecule has 0 aliphatic carbocycles. The summed E-state index contributed by atoms with van der Waals surface area (Å²) in [7, 11) is -3.50. The van der Waals surface area contributed by atoms with E-state index in [1.165, 1.54) is 0 Å². The van der Waals surface area contributed by atoms with Crippen LogP contribution in [0.4, 0.5) is 5.69 Å². The second-order valence-electron chi connectivity index (χ2n) is 5.86. The molecule has 5 nitrogen and oxygen atoms in total. The summed E-state index contributed by atoms with van der Waals surface area (Å²) in [5, 5.41) is 0. The molecule has 1 aliphatic heterocycles. The van der Waals surface area contributed by atoms with Crippen LogP contribution in [0.15, 0.2) is 53.4 Å². The molecule has 0 bridgehead atoms. The zero-order valence-electron chi connectivity index (χ0n) is 13.7. The maximum Gasteiger partial charge on any atom is 0.241 e. The molecule has 1 fully saturated rings. The molecule has 128 valence electrons. The third-order valence-electron chi connectivity index (χ3n) is 4.16. The summed E-state index contributed by atoms with van der Waals surface area (Å²) in [6, 6.07) is 15.0. The number of rotatable bonds is 5. The largest absolute Gasteiger partial charge is 0.378 e. The normalized spacial score (nSPS) is 15.5. The van der Waals surface area contributed by atoms with Crippen LogP contribution in [0.5, 0.6) is 0 Å². The van der Waals surface area contributed by atoms with E-state index in [9.17, 15) is 8.42 Å². The van der Waals surface area contributed by atoms with Crippen molar-refractivity contribution in [2.24, 2.45) is 0 Å². The van der Waals surface area contributed by atoms with Crippen LogP contribution in [0.2, 0.25) is 0 Å². The van der Waals surface area contributed by atoms with Gasteiger partial charge in [0.15, 0.2) is 0 Å². The number of benzene rings is 2. The van der Waals surface area contributed by atoms with Crippen molar-refractivity contribution < 1.29 is 13.2 Å². The summed E-state index contributed by atoms with van der Waals surface area (Å²) < 4.78 is 32.8. The molecule has 0 spiro atoms. The van der Waals surface area contributed by atoms with Gasteiger partial charge in [-0.2, -0.15) is 0 Å². The van der Waals surface area contributed by atoms with Crippen LogP contribution in [0.25, 0.3) is 0 Å². The first-order valence-corrected chi connectivity index (χ1v) is 9.51. The maximum absolute atomic E-state index is 12.4. The zero-order chi connectivity index (χ0) is 17.0. The number of nitrogens with one attached hydrogen (secondary N) is 1. The Hall–Kier alpha value is -1.89. The molecule has 0 amide bonds. The number of morpholine rings is 1. The standard InChI is InChI=1S/C18H22N2O3S/c1-15-4-2-3-5-18(15)24(21,22)19-14-16-6-8-17(9-7-16)20-10-12-23-13-11-20/h2-9,19H,10-14H2,1H3. The van der Waals surface area contributed by atoms with Crippen LogP contribution in [0.1, 0.15) is 11.1 Å². The maximum atomic E-state index is 12.4. The predicted octanol–water partition coefficient (Wildman–Crippen LogP) is 2.31. The monoisotopic (exact) mass is 346 g/mol. The minimum absolute atomic E-state index is 0.278. The van der Waals surface area contributed by atoms with Crippen molar-refractivity contribution in [3.05, 3.63) is 59.7 Å². The second-order valence-corrected chi connectivity index (χ2v) is 7.59. The number of hydrogen-bond acceptors (Lipinski definition) is 4. The molecule has 1 N–H and O–H groups in total. The molecule has 0 radical (unpaired) electrons. The Morgan fingerprint density at radius 2 is 1.71 bits per heavy atom. The molecule has 24 heavy (non-hydrogen) atoms. The molecule has 0 aromatic heterocycles. The Morgan fingerprint density at radius 1 is 1.04 bits per heavy atom. The number of sulfonamides is 1. The Kier molecular flexibility index (Phi) is 5.18. The predicted molar refractivity (Wildman–Crippen MR) is 94.7 cm³/mol. The minimum Gasteiger partial charge on any atom is -0.378 e. The molecule has 2 aromatic carbocycles. The number of anilines is 1. The molecule has 1 saturated heterocycles. The highest BCUT2D eigenvalue weighted by molar-refractivity contribution is 7.89. The van der Waals surface area contributed by atoms with Gasteiger partial charge in [0.2, 0.25) is 10.0 Å². The van der Waals surface area contributed by atoms with Gasteiger partial charge in [0, 0.05) is 25.3 Å². The van der Waals surface area contributed by atoms with E-state index in [-0.39, 0.29) is 6.54 Å². The summed E-state index contributed by atoms with van der Waals surface area (Å²) in [5.74, 6) is 0. The highest BCUT2D eigenvalue weighted by atomic mass is 32.2. The summed E-state index contributed by atoms with van der Waals surface area (Å²) in [6.07, 6.45) is 0. The van der Waals surface area contributed by atoms with Gasteiger partial charge in [0.05, 0.1) is 18.1 Å². The minimum atomic E-state index is -3.50. The van der Waals surface area contributed by atoms with E-state index in [1.807, 2.05) is 30.3 Å². The van der Waals surface area contributed by atoms with Crippen molar-refractivity contribution in [2.45, 2.75) is 18.4 Å². The van der Waals surface area contributed by atoms with Gasteiger partial charge < -0.3 is 9.64 Å². The Morgan fingerprint density at radius 3 is 2.38 bits per heavy atom. The van der Waals surface area contributed by atoms with Crippen LogP contribution in [-0.4, -0.2) is 34.7 Å². The van der Waals surface area contributed by atoms with Crippen molar-refractivity contribution in [1.82, 2.24) is 4.72 Å². The average Bonchev–Trinajstić information content (AvgIpc) is 2.61. The summed E-state index contributed by atoms with van der Waals surface area (Å²) in [6.45, 7) is 5.35. The summed E-state index contributed by atoms with van der Waals surface area (Å²) in [4.78, 5) is 2.60.